The number of halogens is 1. The topological polar surface area (TPSA) is 44.8 Å². The molecule has 0 radical (unpaired) electrons. The van der Waals surface area contributed by atoms with E-state index in [0.717, 1.165) is 36.6 Å². The molecule has 4 nitrogen and oxygen atoms in total. The molecule has 0 aromatic carbocycles. The van der Waals surface area contributed by atoms with Gasteiger partial charge >= 0.3 is 0 Å². The molecular formula is C13H13ClN4S. The third-order valence-electron chi connectivity index (χ3n) is 3.29. The van der Waals surface area contributed by atoms with Crippen molar-refractivity contribution in [1.82, 2.24) is 19.9 Å². The lowest BCUT2D eigenvalue weighted by molar-refractivity contribution is 0.242. The molecule has 0 bridgehead atoms. The van der Waals surface area contributed by atoms with Crippen LogP contribution in [0.5, 0.6) is 0 Å². The summed E-state index contributed by atoms with van der Waals surface area (Å²) in [5.74, 6) is 0. The zero-order valence-electron chi connectivity index (χ0n) is 10.3. The second-order valence-electron chi connectivity index (χ2n) is 4.62. The maximum atomic E-state index is 6.17. The number of fused-ring (bicyclic) bond motifs is 1. The summed E-state index contributed by atoms with van der Waals surface area (Å²) in [7, 11) is 0. The molecule has 0 atom stereocenters. The van der Waals surface area contributed by atoms with E-state index in [2.05, 4.69) is 19.9 Å². The highest BCUT2D eigenvalue weighted by Gasteiger charge is 2.17. The molecule has 0 fully saturated rings. The fourth-order valence-corrected chi connectivity index (χ4v) is 2.65. The van der Waals surface area contributed by atoms with Crippen molar-refractivity contribution in [2.75, 3.05) is 6.54 Å². The molecule has 0 saturated heterocycles. The van der Waals surface area contributed by atoms with Crippen molar-refractivity contribution < 1.29 is 0 Å². The van der Waals surface area contributed by atoms with Gasteiger partial charge in [0.05, 0.1) is 0 Å². The summed E-state index contributed by atoms with van der Waals surface area (Å²) in [6.45, 7) is 2.65. The Bertz CT molecular complexity index is 655. The summed E-state index contributed by atoms with van der Waals surface area (Å²) in [5, 5.41) is 0.770. The molecule has 6 heteroatoms. The third kappa shape index (κ3) is 2.83. The Labute approximate surface area is 121 Å². The van der Waals surface area contributed by atoms with Crippen molar-refractivity contribution in [3.63, 3.8) is 0 Å². The normalized spacial score (nSPS) is 15.2. The Morgan fingerprint density at radius 1 is 1.42 bits per heavy atom. The van der Waals surface area contributed by atoms with Crippen LogP contribution in [0.4, 0.5) is 0 Å². The van der Waals surface area contributed by atoms with Crippen molar-refractivity contribution in [2.24, 2.45) is 0 Å². The van der Waals surface area contributed by atoms with E-state index in [1.807, 2.05) is 18.5 Å². The fraction of sp³-hybridized carbons (Fsp3) is 0.308. The second kappa shape index (κ2) is 5.36. The number of nitrogens with zero attached hydrogens (tertiary/aromatic N) is 3. The zero-order valence-corrected chi connectivity index (χ0v) is 11.8. The van der Waals surface area contributed by atoms with Crippen LogP contribution < -0.4 is 0 Å². The van der Waals surface area contributed by atoms with Crippen LogP contribution in [-0.4, -0.2) is 26.4 Å². The molecule has 1 N–H and O–H groups in total. The van der Waals surface area contributed by atoms with Crippen LogP contribution in [0.1, 0.15) is 16.8 Å². The molecule has 2 aromatic heterocycles. The minimum Gasteiger partial charge on any atom is -0.334 e. The average Bonchev–Trinajstić information content (AvgIpc) is 2.41. The lowest BCUT2D eigenvalue weighted by atomic mass is 10.1. The maximum absolute atomic E-state index is 6.17. The van der Waals surface area contributed by atoms with Gasteiger partial charge in [-0.25, -0.2) is 4.98 Å². The standard InChI is InChI=1S/C13H13ClN4S/c14-11-1-3-15-5-9(11)7-18-4-2-12-10(8-18)6-16-13(19)17-12/h1,3,5-6H,2,4,7-8H2,(H,16,17,19). The third-order valence-corrected chi connectivity index (χ3v) is 3.87. The predicted octanol–water partition coefficient (Wildman–Crippen LogP) is 2.75. The maximum Gasteiger partial charge on any atom is 0.196 e. The Morgan fingerprint density at radius 2 is 2.32 bits per heavy atom. The number of nitrogens with one attached hydrogen (secondary N) is 1. The number of hydrogen-bond donors (Lipinski definition) is 1. The van der Waals surface area contributed by atoms with Crippen molar-refractivity contribution in [3.8, 4) is 0 Å². The lowest BCUT2D eigenvalue weighted by Gasteiger charge is -2.28. The summed E-state index contributed by atoms with van der Waals surface area (Å²) >= 11 is 11.2. The van der Waals surface area contributed by atoms with Crippen molar-refractivity contribution in [2.45, 2.75) is 19.5 Å². The van der Waals surface area contributed by atoms with Crippen molar-refractivity contribution in [3.05, 3.63) is 51.3 Å². The van der Waals surface area contributed by atoms with E-state index < -0.39 is 0 Å². The number of H-pyrrole nitrogens is 1. The van der Waals surface area contributed by atoms with Gasteiger partial charge in [-0.1, -0.05) is 11.6 Å². The molecule has 0 aliphatic carbocycles. The monoisotopic (exact) mass is 292 g/mol. The number of aromatic amines is 1. The Kier molecular flexibility index (Phi) is 3.59. The molecule has 3 rings (SSSR count). The molecule has 1 aliphatic heterocycles. The van der Waals surface area contributed by atoms with E-state index >= 15 is 0 Å². The van der Waals surface area contributed by atoms with Gasteiger partial charge in [-0.3, -0.25) is 9.88 Å². The van der Waals surface area contributed by atoms with Gasteiger partial charge < -0.3 is 4.98 Å². The molecule has 0 unspecified atom stereocenters. The fourth-order valence-electron chi connectivity index (χ4n) is 2.31. The van der Waals surface area contributed by atoms with Gasteiger partial charge in [-0.2, -0.15) is 0 Å². The molecule has 2 aromatic rings. The molecule has 19 heavy (non-hydrogen) atoms. The van der Waals surface area contributed by atoms with E-state index in [-0.39, 0.29) is 0 Å². The van der Waals surface area contributed by atoms with Gasteiger partial charge in [0, 0.05) is 66.5 Å². The predicted molar refractivity (Wildman–Crippen MR) is 76.5 cm³/mol. The first-order chi connectivity index (χ1) is 9.22. The van der Waals surface area contributed by atoms with E-state index in [1.165, 1.54) is 11.3 Å². The van der Waals surface area contributed by atoms with E-state index in [9.17, 15) is 0 Å². The SMILES string of the molecule is S=c1ncc2c([nH]1)CCN(Cc1cnccc1Cl)C2. The van der Waals surface area contributed by atoms with Crippen LogP contribution in [-0.2, 0) is 19.5 Å². The molecule has 3 heterocycles. The van der Waals surface area contributed by atoms with Crippen LogP contribution in [0.2, 0.25) is 5.02 Å². The van der Waals surface area contributed by atoms with Crippen LogP contribution in [0, 0.1) is 4.77 Å². The quantitative estimate of drug-likeness (QED) is 0.865. The highest BCUT2D eigenvalue weighted by Crippen LogP contribution is 2.21. The van der Waals surface area contributed by atoms with E-state index in [0.29, 0.717) is 4.77 Å². The molecule has 1 aliphatic rings. The number of aromatic nitrogens is 3. The number of rotatable bonds is 2. The Balaban J connectivity index is 1.78. The summed E-state index contributed by atoms with van der Waals surface area (Å²) in [6.07, 6.45) is 6.36. The first kappa shape index (κ1) is 12.7. The Hall–Kier alpha value is -1.30. The average molecular weight is 293 g/mol. The molecule has 0 spiro atoms. The van der Waals surface area contributed by atoms with E-state index in [4.69, 9.17) is 23.8 Å². The zero-order chi connectivity index (χ0) is 13.2. The van der Waals surface area contributed by atoms with Crippen molar-refractivity contribution in [1.29, 1.82) is 0 Å². The second-order valence-corrected chi connectivity index (χ2v) is 5.41. The van der Waals surface area contributed by atoms with Gasteiger partial charge in [0.25, 0.3) is 0 Å². The number of pyridine rings is 1. The van der Waals surface area contributed by atoms with Gasteiger partial charge in [0.2, 0.25) is 0 Å². The van der Waals surface area contributed by atoms with Gasteiger partial charge in [-0.05, 0) is 18.3 Å². The first-order valence-electron chi connectivity index (χ1n) is 6.10. The summed E-state index contributed by atoms with van der Waals surface area (Å²) < 4.78 is 0.558. The van der Waals surface area contributed by atoms with Crippen LogP contribution >= 0.6 is 23.8 Å². The van der Waals surface area contributed by atoms with Crippen molar-refractivity contribution >= 4 is 23.8 Å². The highest BCUT2D eigenvalue weighted by atomic mass is 35.5. The van der Waals surface area contributed by atoms with Gasteiger partial charge in [0.1, 0.15) is 0 Å². The molecular weight excluding hydrogens is 280 g/mol. The summed E-state index contributed by atoms with van der Waals surface area (Å²) in [4.78, 5) is 13.8. The summed E-state index contributed by atoms with van der Waals surface area (Å²) in [5.41, 5.74) is 3.47. The minimum atomic E-state index is 0.558. The van der Waals surface area contributed by atoms with Crippen LogP contribution in [0.25, 0.3) is 0 Å². The van der Waals surface area contributed by atoms with Crippen LogP contribution in [0.3, 0.4) is 0 Å². The largest absolute Gasteiger partial charge is 0.334 e. The van der Waals surface area contributed by atoms with Crippen LogP contribution in [0.15, 0.2) is 24.7 Å². The van der Waals surface area contributed by atoms with Gasteiger partial charge in [-0.15, -0.1) is 0 Å². The summed E-state index contributed by atoms with van der Waals surface area (Å²) in [6, 6.07) is 1.83. The molecule has 98 valence electrons. The Morgan fingerprint density at radius 3 is 3.16 bits per heavy atom. The first-order valence-corrected chi connectivity index (χ1v) is 6.89. The van der Waals surface area contributed by atoms with E-state index in [1.54, 1.807) is 6.20 Å². The highest BCUT2D eigenvalue weighted by molar-refractivity contribution is 7.71. The van der Waals surface area contributed by atoms with Gasteiger partial charge in [0.15, 0.2) is 4.77 Å². The smallest absolute Gasteiger partial charge is 0.196 e. The minimum absolute atomic E-state index is 0.558. The number of hydrogen-bond acceptors (Lipinski definition) is 4. The molecule has 0 saturated carbocycles. The lowest BCUT2D eigenvalue weighted by Crippen LogP contribution is -2.31. The molecule has 0 amide bonds.